The van der Waals surface area contributed by atoms with Crippen LogP contribution < -0.4 is 5.32 Å². The molecule has 0 aliphatic carbocycles. The van der Waals surface area contributed by atoms with Gasteiger partial charge in [0.1, 0.15) is 0 Å². The second-order valence-corrected chi connectivity index (χ2v) is 4.22. The lowest BCUT2D eigenvalue weighted by molar-refractivity contribution is 0.153. The predicted octanol–water partition coefficient (Wildman–Crippen LogP) is 2.37. The maximum atomic E-state index is 9.53. The minimum Gasteiger partial charge on any atom is -0.393 e. The van der Waals surface area contributed by atoms with Crippen molar-refractivity contribution >= 4 is 0 Å². The van der Waals surface area contributed by atoms with Crippen LogP contribution in [0, 0.1) is 0 Å². The molecule has 0 radical (unpaired) electrons. The zero-order valence-corrected chi connectivity index (χ0v) is 10.2. The molecule has 0 aliphatic heterocycles. The number of benzene rings is 1. The van der Waals surface area contributed by atoms with Crippen molar-refractivity contribution in [2.75, 3.05) is 13.1 Å². The Balaban J connectivity index is 2.00. The molecule has 0 amide bonds. The van der Waals surface area contributed by atoms with E-state index in [1.54, 1.807) is 0 Å². The predicted molar refractivity (Wildman–Crippen MR) is 68.5 cm³/mol. The highest BCUT2D eigenvalue weighted by Gasteiger charge is 2.00. The fourth-order valence-corrected chi connectivity index (χ4v) is 1.75. The summed E-state index contributed by atoms with van der Waals surface area (Å²) in [6, 6.07) is 10.5. The van der Waals surface area contributed by atoms with Crippen LogP contribution in [0.1, 0.15) is 31.7 Å². The second-order valence-electron chi connectivity index (χ2n) is 4.22. The van der Waals surface area contributed by atoms with Crippen molar-refractivity contribution in [2.45, 2.75) is 38.7 Å². The van der Waals surface area contributed by atoms with Gasteiger partial charge in [-0.15, -0.1) is 0 Å². The van der Waals surface area contributed by atoms with Gasteiger partial charge in [0.05, 0.1) is 6.10 Å². The van der Waals surface area contributed by atoms with E-state index < -0.39 is 0 Å². The van der Waals surface area contributed by atoms with E-state index in [2.05, 4.69) is 36.5 Å². The highest BCUT2D eigenvalue weighted by molar-refractivity contribution is 5.14. The van der Waals surface area contributed by atoms with Gasteiger partial charge >= 0.3 is 0 Å². The summed E-state index contributed by atoms with van der Waals surface area (Å²) in [5.74, 6) is 0. The molecule has 0 heterocycles. The summed E-state index contributed by atoms with van der Waals surface area (Å²) in [5.41, 5.74) is 1.36. The summed E-state index contributed by atoms with van der Waals surface area (Å²) in [4.78, 5) is 0. The number of rotatable bonds is 8. The van der Waals surface area contributed by atoms with Crippen molar-refractivity contribution in [1.82, 2.24) is 5.32 Å². The first-order valence-electron chi connectivity index (χ1n) is 6.25. The summed E-state index contributed by atoms with van der Waals surface area (Å²) in [6.07, 6.45) is 3.77. The standard InChI is InChI=1S/C14H23NO/c1-2-6-14(16)10-12-15-11-9-13-7-4-3-5-8-13/h3-5,7-8,14-16H,2,6,9-12H2,1H3. The summed E-state index contributed by atoms with van der Waals surface area (Å²) in [6.45, 7) is 4.00. The van der Waals surface area contributed by atoms with Crippen LogP contribution in [0.15, 0.2) is 30.3 Å². The summed E-state index contributed by atoms with van der Waals surface area (Å²) in [7, 11) is 0. The number of aliphatic hydroxyl groups is 1. The molecule has 0 aromatic heterocycles. The highest BCUT2D eigenvalue weighted by Crippen LogP contribution is 2.00. The second kappa shape index (κ2) is 8.31. The lowest BCUT2D eigenvalue weighted by atomic mass is 10.1. The van der Waals surface area contributed by atoms with E-state index in [1.807, 2.05) is 6.07 Å². The van der Waals surface area contributed by atoms with E-state index in [0.29, 0.717) is 0 Å². The van der Waals surface area contributed by atoms with Crippen molar-refractivity contribution in [2.24, 2.45) is 0 Å². The molecule has 1 aromatic carbocycles. The first-order valence-corrected chi connectivity index (χ1v) is 6.25. The van der Waals surface area contributed by atoms with E-state index in [0.717, 1.165) is 38.8 Å². The molecule has 16 heavy (non-hydrogen) atoms. The Morgan fingerprint density at radius 1 is 1.12 bits per heavy atom. The van der Waals surface area contributed by atoms with Gasteiger partial charge in [-0.3, -0.25) is 0 Å². The van der Waals surface area contributed by atoms with Crippen LogP contribution in [-0.2, 0) is 6.42 Å². The largest absolute Gasteiger partial charge is 0.393 e. The van der Waals surface area contributed by atoms with Gasteiger partial charge in [-0.1, -0.05) is 43.7 Å². The summed E-state index contributed by atoms with van der Waals surface area (Å²) in [5, 5.41) is 12.9. The van der Waals surface area contributed by atoms with E-state index in [4.69, 9.17) is 0 Å². The summed E-state index contributed by atoms with van der Waals surface area (Å²) >= 11 is 0. The lowest BCUT2D eigenvalue weighted by Gasteiger charge is -2.09. The van der Waals surface area contributed by atoms with Gasteiger partial charge in [0.25, 0.3) is 0 Å². The Labute approximate surface area is 98.7 Å². The van der Waals surface area contributed by atoms with Crippen LogP contribution in [0.2, 0.25) is 0 Å². The lowest BCUT2D eigenvalue weighted by Crippen LogP contribution is -2.22. The third-order valence-corrected chi connectivity index (χ3v) is 2.71. The minimum atomic E-state index is -0.130. The quantitative estimate of drug-likeness (QED) is 0.661. The Kier molecular flexibility index (Phi) is 6.86. The average molecular weight is 221 g/mol. The first kappa shape index (κ1) is 13.2. The van der Waals surface area contributed by atoms with Gasteiger partial charge in [0.2, 0.25) is 0 Å². The van der Waals surface area contributed by atoms with E-state index >= 15 is 0 Å². The third-order valence-electron chi connectivity index (χ3n) is 2.71. The van der Waals surface area contributed by atoms with Crippen LogP contribution >= 0.6 is 0 Å². The smallest absolute Gasteiger partial charge is 0.0552 e. The Hall–Kier alpha value is -0.860. The molecular weight excluding hydrogens is 198 g/mol. The molecule has 2 heteroatoms. The molecule has 0 saturated heterocycles. The molecule has 0 spiro atoms. The Bertz CT molecular complexity index is 261. The van der Waals surface area contributed by atoms with Gasteiger partial charge in [0.15, 0.2) is 0 Å². The molecule has 1 aromatic rings. The van der Waals surface area contributed by atoms with Gasteiger partial charge in [-0.05, 0) is 37.9 Å². The molecule has 0 saturated carbocycles. The first-order chi connectivity index (χ1) is 7.83. The van der Waals surface area contributed by atoms with Crippen molar-refractivity contribution in [3.8, 4) is 0 Å². The summed E-state index contributed by atoms with van der Waals surface area (Å²) < 4.78 is 0. The van der Waals surface area contributed by atoms with Crippen LogP contribution in [0.25, 0.3) is 0 Å². The molecule has 1 unspecified atom stereocenters. The van der Waals surface area contributed by atoms with Crippen molar-refractivity contribution < 1.29 is 5.11 Å². The molecule has 1 rings (SSSR count). The SMILES string of the molecule is CCCC(O)CCNCCc1ccccc1. The van der Waals surface area contributed by atoms with Crippen molar-refractivity contribution in [3.05, 3.63) is 35.9 Å². The van der Waals surface area contributed by atoms with E-state index in [9.17, 15) is 5.11 Å². The Morgan fingerprint density at radius 3 is 2.56 bits per heavy atom. The number of aliphatic hydroxyl groups excluding tert-OH is 1. The molecule has 1 atom stereocenters. The third kappa shape index (κ3) is 5.89. The number of hydrogen-bond acceptors (Lipinski definition) is 2. The van der Waals surface area contributed by atoms with Crippen molar-refractivity contribution in [1.29, 1.82) is 0 Å². The normalized spacial score (nSPS) is 12.6. The fourth-order valence-electron chi connectivity index (χ4n) is 1.75. The zero-order valence-electron chi connectivity index (χ0n) is 10.2. The molecule has 2 N–H and O–H groups in total. The molecule has 0 fully saturated rings. The van der Waals surface area contributed by atoms with Gasteiger partial charge in [-0.25, -0.2) is 0 Å². The number of hydrogen-bond donors (Lipinski definition) is 2. The number of nitrogens with one attached hydrogen (secondary N) is 1. The van der Waals surface area contributed by atoms with Gasteiger partial charge < -0.3 is 10.4 Å². The molecule has 0 bridgehead atoms. The maximum Gasteiger partial charge on any atom is 0.0552 e. The molecule has 2 nitrogen and oxygen atoms in total. The van der Waals surface area contributed by atoms with Gasteiger partial charge in [-0.2, -0.15) is 0 Å². The minimum absolute atomic E-state index is 0.130. The molecule has 0 aliphatic rings. The average Bonchev–Trinajstić information content (AvgIpc) is 2.30. The fraction of sp³-hybridized carbons (Fsp3) is 0.571. The Morgan fingerprint density at radius 2 is 1.88 bits per heavy atom. The van der Waals surface area contributed by atoms with E-state index in [-0.39, 0.29) is 6.10 Å². The van der Waals surface area contributed by atoms with Crippen LogP contribution in [0.3, 0.4) is 0 Å². The van der Waals surface area contributed by atoms with E-state index in [1.165, 1.54) is 5.56 Å². The molecule has 90 valence electrons. The zero-order chi connectivity index (χ0) is 11.6. The maximum absolute atomic E-state index is 9.53. The monoisotopic (exact) mass is 221 g/mol. The van der Waals surface area contributed by atoms with Crippen LogP contribution in [0.4, 0.5) is 0 Å². The van der Waals surface area contributed by atoms with Crippen molar-refractivity contribution in [3.63, 3.8) is 0 Å². The molecular formula is C14H23NO. The van der Waals surface area contributed by atoms with Crippen LogP contribution in [-0.4, -0.2) is 24.3 Å². The topological polar surface area (TPSA) is 32.3 Å². The van der Waals surface area contributed by atoms with Gasteiger partial charge in [0, 0.05) is 0 Å². The highest BCUT2D eigenvalue weighted by atomic mass is 16.3. The van der Waals surface area contributed by atoms with Crippen LogP contribution in [0.5, 0.6) is 0 Å².